The van der Waals surface area contributed by atoms with Crippen LogP contribution in [0.1, 0.15) is 43.8 Å². The van der Waals surface area contributed by atoms with Gasteiger partial charge in [0.2, 0.25) is 5.89 Å². The number of nitrogens with one attached hydrogen (secondary N) is 1. The van der Waals surface area contributed by atoms with E-state index in [1.165, 1.54) is 0 Å². The minimum absolute atomic E-state index is 0.317. The molecule has 1 unspecified atom stereocenters. The summed E-state index contributed by atoms with van der Waals surface area (Å²) in [4.78, 5) is 4.39. The molecule has 90 valence electrons. The lowest BCUT2D eigenvalue weighted by atomic mass is 10.0. The second-order valence-corrected chi connectivity index (χ2v) is 4.14. The van der Waals surface area contributed by atoms with Gasteiger partial charge in [-0.05, 0) is 25.8 Å². The Hall–Kier alpha value is -0.940. The summed E-state index contributed by atoms with van der Waals surface area (Å²) in [7, 11) is 0. The van der Waals surface area contributed by atoms with E-state index in [-0.39, 0.29) is 0 Å². The zero-order chi connectivity index (χ0) is 11.2. The quantitative estimate of drug-likeness (QED) is 0.769. The van der Waals surface area contributed by atoms with E-state index in [4.69, 9.17) is 9.26 Å². The maximum atomic E-state index is 5.41. The number of ether oxygens (including phenoxy) is 1. The fourth-order valence-corrected chi connectivity index (χ4v) is 1.82. The molecule has 2 rings (SSSR count). The van der Waals surface area contributed by atoms with Gasteiger partial charge in [-0.25, -0.2) is 0 Å². The van der Waals surface area contributed by atoms with Gasteiger partial charge in [-0.2, -0.15) is 4.98 Å². The first-order valence-corrected chi connectivity index (χ1v) is 6.01. The Kier molecular flexibility index (Phi) is 4.30. The number of rotatable bonds is 5. The van der Waals surface area contributed by atoms with Crippen molar-refractivity contribution in [3.8, 4) is 0 Å². The molecule has 0 aliphatic carbocycles. The molecule has 0 aromatic carbocycles. The van der Waals surface area contributed by atoms with E-state index in [9.17, 15) is 0 Å². The molecule has 1 aromatic heterocycles. The molecule has 16 heavy (non-hydrogen) atoms. The number of nitrogens with zero attached hydrogens (tertiary/aromatic N) is 2. The predicted molar refractivity (Wildman–Crippen MR) is 59.1 cm³/mol. The minimum atomic E-state index is 0.317. The van der Waals surface area contributed by atoms with Gasteiger partial charge in [0.05, 0.1) is 13.2 Å². The summed E-state index contributed by atoms with van der Waals surface area (Å²) in [5.41, 5.74) is 0. The molecule has 0 spiro atoms. The second kappa shape index (κ2) is 5.96. The van der Waals surface area contributed by atoms with Crippen molar-refractivity contribution in [1.82, 2.24) is 15.5 Å². The van der Waals surface area contributed by atoms with Crippen LogP contribution in [-0.2, 0) is 11.3 Å². The molecule has 0 amide bonds. The first-order valence-electron chi connectivity index (χ1n) is 6.01. The van der Waals surface area contributed by atoms with Gasteiger partial charge in [-0.1, -0.05) is 12.1 Å². The molecular weight excluding hydrogens is 206 g/mol. The third-order valence-electron chi connectivity index (χ3n) is 2.71. The SMILES string of the molecule is CCCNCc1nc(C2CCCOC2)no1. The van der Waals surface area contributed by atoms with Gasteiger partial charge >= 0.3 is 0 Å². The van der Waals surface area contributed by atoms with E-state index in [1.807, 2.05) is 0 Å². The highest BCUT2D eigenvalue weighted by Crippen LogP contribution is 2.22. The Morgan fingerprint density at radius 3 is 3.19 bits per heavy atom. The van der Waals surface area contributed by atoms with Crippen molar-refractivity contribution in [3.05, 3.63) is 11.7 Å². The Morgan fingerprint density at radius 1 is 1.50 bits per heavy atom. The van der Waals surface area contributed by atoms with Gasteiger partial charge in [-0.15, -0.1) is 0 Å². The lowest BCUT2D eigenvalue weighted by Crippen LogP contribution is -2.17. The van der Waals surface area contributed by atoms with Crippen LogP contribution >= 0.6 is 0 Å². The highest BCUT2D eigenvalue weighted by molar-refractivity contribution is 4.96. The molecule has 1 aliphatic heterocycles. The van der Waals surface area contributed by atoms with Gasteiger partial charge in [0, 0.05) is 12.5 Å². The lowest BCUT2D eigenvalue weighted by Gasteiger charge is -2.18. The number of hydrogen-bond donors (Lipinski definition) is 1. The normalized spacial score (nSPS) is 21.2. The van der Waals surface area contributed by atoms with Crippen molar-refractivity contribution >= 4 is 0 Å². The monoisotopic (exact) mass is 225 g/mol. The molecule has 0 saturated carbocycles. The molecule has 1 fully saturated rings. The van der Waals surface area contributed by atoms with Crippen LogP contribution in [0.3, 0.4) is 0 Å². The number of aromatic nitrogens is 2. The van der Waals surface area contributed by atoms with E-state index in [2.05, 4.69) is 22.4 Å². The van der Waals surface area contributed by atoms with Crippen molar-refractivity contribution in [1.29, 1.82) is 0 Å². The molecule has 1 aliphatic rings. The predicted octanol–water partition coefficient (Wildman–Crippen LogP) is 1.46. The molecule has 2 heterocycles. The van der Waals surface area contributed by atoms with Crippen molar-refractivity contribution in [3.63, 3.8) is 0 Å². The fraction of sp³-hybridized carbons (Fsp3) is 0.818. The van der Waals surface area contributed by atoms with Crippen LogP contribution in [-0.4, -0.2) is 29.9 Å². The number of hydrogen-bond acceptors (Lipinski definition) is 5. The topological polar surface area (TPSA) is 60.2 Å². The third-order valence-corrected chi connectivity index (χ3v) is 2.71. The largest absolute Gasteiger partial charge is 0.381 e. The highest BCUT2D eigenvalue weighted by atomic mass is 16.5. The molecule has 5 heteroatoms. The van der Waals surface area contributed by atoms with Gasteiger partial charge in [0.25, 0.3) is 0 Å². The van der Waals surface area contributed by atoms with Crippen LogP contribution in [0, 0.1) is 0 Å². The Balaban J connectivity index is 1.85. The Bertz CT molecular complexity index is 308. The zero-order valence-electron chi connectivity index (χ0n) is 9.74. The van der Waals surface area contributed by atoms with Crippen molar-refractivity contribution in [2.75, 3.05) is 19.8 Å². The molecule has 1 atom stereocenters. The summed E-state index contributed by atoms with van der Waals surface area (Å²) in [5.74, 6) is 1.79. The second-order valence-electron chi connectivity index (χ2n) is 4.14. The van der Waals surface area contributed by atoms with Crippen LogP contribution in [0.25, 0.3) is 0 Å². The molecule has 1 saturated heterocycles. The van der Waals surface area contributed by atoms with E-state index in [1.54, 1.807) is 0 Å². The van der Waals surface area contributed by atoms with Gasteiger partial charge in [-0.3, -0.25) is 0 Å². The summed E-state index contributed by atoms with van der Waals surface area (Å²) in [6, 6.07) is 0. The Morgan fingerprint density at radius 2 is 2.44 bits per heavy atom. The maximum absolute atomic E-state index is 5.41. The average molecular weight is 225 g/mol. The first-order chi connectivity index (χ1) is 7.90. The molecule has 1 aromatic rings. The summed E-state index contributed by atoms with van der Waals surface area (Å²) in [6.45, 7) is 5.35. The lowest BCUT2D eigenvalue weighted by molar-refractivity contribution is 0.0773. The summed E-state index contributed by atoms with van der Waals surface area (Å²) >= 11 is 0. The van der Waals surface area contributed by atoms with Crippen molar-refractivity contribution < 1.29 is 9.26 Å². The Labute approximate surface area is 95.6 Å². The van der Waals surface area contributed by atoms with Crippen LogP contribution in [0.2, 0.25) is 0 Å². The molecular formula is C11H19N3O2. The van der Waals surface area contributed by atoms with E-state index >= 15 is 0 Å². The van der Waals surface area contributed by atoms with Crippen LogP contribution in [0.5, 0.6) is 0 Å². The summed E-state index contributed by atoms with van der Waals surface area (Å²) in [5, 5.41) is 7.25. The van der Waals surface area contributed by atoms with E-state index < -0.39 is 0 Å². The molecule has 5 nitrogen and oxygen atoms in total. The summed E-state index contributed by atoms with van der Waals surface area (Å²) in [6.07, 6.45) is 3.29. The molecule has 0 radical (unpaired) electrons. The third kappa shape index (κ3) is 3.02. The summed E-state index contributed by atoms with van der Waals surface area (Å²) < 4.78 is 10.6. The van der Waals surface area contributed by atoms with Crippen LogP contribution in [0.4, 0.5) is 0 Å². The smallest absolute Gasteiger partial charge is 0.240 e. The standard InChI is InChI=1S/C11H19N3O2/c1-2-5-12-7-10-13-11(14-16-10)9-4-3-6-15-8-9/h9,12H,2-8H2,1H3. The van der Waals surface area contributed by atoms with E-state index in [0.29, 0.717) is 18.4 Å². The maximum Gasteiger partial charge on any atom is 0.240 e. The van der Waals surface area contributed by atoms with E-state index in [0.717, 1.165) is 44.8 Å². The average Bonchev–Trinajstić information content (AvgIpc) is 2.79. The van der Waals surface area contributed by atoms with Crippen molar-refractivity contribution in [2.45, 2.75) is 38.6 Å². The minimum Gasteiger partial charge on any atom is -0.381 e. The van der Waals surface area contributed by atoms with Gasteiger partial charge in [0.15, 0.2) is 5.82 Å². The van der Waals surface area contributed by atoms with Crippen LogP contribution in [0.15, 0.2) is 4.52 Å². The fourth-order valence-electron chi connectivity index (χ4n) is 1.82. The zero-order valence-corrected chi connectivity index (χ0v) is 9.74. The van der Waals surface area contributed by atoms with Crippen molar-refractivity contribution in [2.24, 2.45) is 0 Å². The molecule has 1 N–H and O–H groups in total. The van der Waals surface area contributed by atoms with Crippen LogP contribution < -0.4 is 5.32 Å². The van der Waals surface area contributed by atoms with Gasteiger partial charge in [0.1, 0.15) is 0 Å². The van der Waals surface area contributed by atoms with Gasteiger partial charge < -0.3 is 14.6 Å². The molecule has 0 bridgehead atoms. The first kappa shape index (κ1) is 11.5. The highest BCUT2D eigenvalue weighted by Gasteiger charge is 2.21.